The molecule has 1 fully saturated rings. The number of hydrogen-bond donors (Lipinski definition) is 0. The van der Waals surface area contributed by atoms with Crippen molar-refractivity contribution in [2.45, 2.75) is 13.5 Å². The fourth-order valence-corrected chi connectivity index (χ4v) is 1.69. The lowest BCUT2D eigenvalue weighted by molar-refractivity contribution is 0.0363. The maximum Gasteiger partial charge on any atom is 0.0948 e. The van der Waals surface area contributed by atoms with Gasteiger partial charge < -0.3 is 9.30 Å². The monoisotopic (exact) mass is 195 g/mol. The number of imidazole rings is 1. The average Bonchev–Trinajstić information content (AvgIpc) is 2.63. The molecule has 1 aliphatic heterocycles. The molecule has 0 N–H and O–H groups in total. The van der Waals surface area contributed by atoms with Crippen molar-refractivity contribution in [3.05, 3.63) is 18.2 Å². The molecular formula is C10H17N3O. The third-order valence-corrected chi connectivity index (χ3v) is 2.68. The van der Waals surface area contributed by atoms with Crippen molar-refractivity contribution in [3.63, 3.8) is 0 Å². The minimum Gasteiger partial charge on any atom is -0.379 e. The van der Waals surface area contributed by atoms with Crippen LogP contribution in [0.3, 0.4) is 0 Å². The van der Waals surface area contributed by atoms with Crippen molar-refractivity contribution in [2.75, 3.05) is 32.8 Å². The first-order valence-corrected chi connectivity index (χ1v) is 5.13. The second-order valence-corrected chi connectivity index (χ2v) is 3.68. The van der Waals surface area contributed by atoms with E-state index in [4.69, 9.17) is 4.74 Å². The Labute approximate surface area is 84.5 Å². The van der Waals surface area contributed by atoms with Crippen LogP contribution >= 0.6 is 0 Å². The molecule has 78 valence electrons. The van der Waals surface area contributed by atoms with Crippen LogP contribution in [0, 0.1) is 6.92 Å². The van der Waals surface area contributed by atoms with Gasteiger partial charge in [-0.25, -0.2) is 4.98 Å². The Balaban J connectivity index is 1.79. The summed E-state index contributed by atoms with van der Waals surface area (Å²) in [7, 11) is 0. The summed E-state index contributed by atoms with van der Waals surface area (Å²) in [6.07, 6.45) is 3.80. The number of morpholine rings is 1. The molecule has 0 aliphatic carbocycles. The molecule has 0 atom stereocenters. The van der Waals surface area contributed by atoms with E-state index < -0.39 is 0 Å². The predicted octanol–water partition coefficient (Wildman–Crippen LogP) is 0.524. The SMILES string of the molecule is Cc1cncn1CCN1CCOCC1. The zero-order chi connectivity index (χ0) is 9.80. The van der Waals surface area contributed by atoms with E-state index in [1.165, 1.54) is 5.69 Å². The van der Waals surface area contributed by atoms with Crippen LogP contribution in [0.5, 0.6) is 0 Å². The van der Waals surface area contributed by atoms with Gasteiger partial charge in [0, 0.05) is 38.1 Å². The molecule has 2 heterocycles. The summed E-state index contributed by atoms with van der Waals surface area (Å²) in [4.78, 5) is 6.54. The van der Waals surface area contributed by atoms with Crippen LogP contribution in [0.2, 0.25) is 0 Å². The van der Waals surface area contributed by atoms with Crippen LogP contribution in [-0.4, -0.2) is 47.3 Å². The van der Waals surface area contributed by atoms with Crippen molar-refractivity contribution in [1.82, 2.24) is 14.5 Å². The molecule has 4 nitrogen and oxygen atoms in total. The minimum absolute atomic E-state index is 0.878. The van der Waals surface area contributed by atoms with Crippen LogP contribution in [0.15, 0.2) is 12.5 Å². The third kappa shape index (κ3) is 2.33. The highest BCUT2D eigenvalue weighted by Gasteiger charge is 2.09. The summed E-state index contributed by atoms with van der Waals surface area (Å²) >= 11 is 0. The van der Waals surface area contributed by atoms with Crippen molar-refractivity contribution in [1.29, 1.82) is 0 Å². The maximum absolute atomic E-state index is 5.30. The van der Waals surface area contributed by atoms with E-state index in [-0.39, 0.29) is 0 Å². The van der Waals surface area contributed by atoms with Crippen molar-refractivity contribution in [2.24, 2.45) is 0 Å². The number of nitrogens with zero attached hydrogens (tertiary/aromatic N) is 3. The lowest BCUT2D eigenvalue weighted by atomic mass is 10.4. The van der Waals surface area contributed by atoms with E-state index in [9.17, 15) is 0 Å². The number of aromatic nitrogens is 2. The summed E-state index contributed by atoms with van der Waals surface area (Å²) in [5, 5.41) is 0. The zero-order valence-electron chi connectivity index (χ0n) is 8.65. The van der Waals surface area contributed by atoms with Crippen molar-refractivity contribution >= 4 is 0 Å². The molecule has 0 radical (unpaired) electrons. The lowest BCUT2D eigenvalue weighted by Crippen LogP contribution is -2.38. The molecular weight excluding hydrogens is 178 g/mol. The number of ether oxygens (including phenoxy) is 1. The topological polar surface area (TPSA) is 30.3 Å². The molecule has 1 aromatic rings. The van der Waals surface area contributed by atoms with E-state index in [1.54, 1.807) is 0 Å². The summed E-state index contributed by atoms with van der Waals surface area (Å²) in [5.41, 5.74) is 1.23. The summed E-state index contributed by atoms with van der Waals surface area (Å²) in [6.45, 7) is 8.10. The molecule has 0 unspecified atom stereocenters. The van der Waals surface area contributed by atoms with Gasteiger partial charge in [-0.15, -0.1) is 0 Å². The fourth-order valence-electron chi connectivity index (χ4n) is 1.69. The van der Waals surface area contributed by atoms with Crippen LogP contribution in [0.4, 0.5) is 0 Å². The Morgan fingerprint density at radius 3 is 2.79 bits per heavy atom. The number of aryl methyl sites for hydroxylation is 1. The molecule has 1 aliphatic rings. The van der Waals surface area contributed by atoms with Gasteiger partial charge in [-0.2, -0.15) is 0 Å². The summed E-state index contributed by atoms with van der Waals surface area (Å²) < 4.78 is 7.49. The zero-order valence-corrected chi connectivity index (χ0v) is 8.65. The first-order chi connectivity index (χ1) is 6.86. The average molecular weight is 195 g/mol. The Morgan fingerprint density at radius 1 is 1.36 bits per heavy atom. The Bertz CT molecular complexity index is 279. The standard InChI is InChI=1S/C10H17N3O/c1-10-8-11-9-13(10)3-2-12-4-6-14-7-5-12/h8-9H,2-7H2,1H3. The molecule has 14 heavy (non-hydrogen) atoms. The predicted molar refractivity (Wildman–Crippen MR) is 54.2 cm³/mol. The molecule has 0 aromatic carbocycles. The molecule has 1 saturated heterocycles. The Hall–Kier alpha value is -0.870. The highest BCUT2D eigenvalue weighted by Crippen LogP contribution is 2.00. The summed E-state index contributed by atoms with van der Waals surface area (Å²) in [5.74, 6) is 0. The molecule has 0 spiro atoms. The Kier molecular flexibility index (Phi) is 3.16. The van der Waals surface area contributed by atoms with Gasteiger partial charge in [-0.05, 0) is 6.92 Å². The lowest BCUT2D eigenvalue weighted by Gasteiger charge is -2.26. The highest BCUT2D eigenvalue weighted by atomic mass is 16.5. The number of hydrogen-bond acceptors (Lipinski definition) is 3. The van der Waals surface area contributed by atoms with Crippen LogP contribution in [0.25, 0.3) is 0 Å². The summed E-state index contributed by atoms with van der Waals surface area (Å²) in [6, 6.07) is 0. The molecule has 0 bridgehead atoms. The van der Waals surface area contributed by atoms with Crippen LogP contribution in [-0.2, 0) is 11.3 Å². The smallest absolute Gasteiger partial charge is 0.0948 e. The van der Waals surface area contributed by atoms with Gasteiger partial charge >= 0.3 is 0 Å². The third-order valence-electron chi connectivity index (χ3n) is 2.68. The van der Waals surface area contributed by atoms with Gasteiger partial charge in [0.05, 0.1) is 19.5 Å². The quantitative estimate of drug-likeness (QED) is 0.704. The maximum atomic E-state index is 5.30. The van der Waals surface area contributed by atoms with Crippen LogP contribution < -0.4 is 0 Å². The van der Waals surface area contributed by atoms with Crippen LogP contribution in [0.1, 0.15) is 5.69 Å². The van der Waals surface area contributed by atoms with Gasteiger partial charge in [0.1, 0.15) is 0 Å². The van der Waals surface area contributed by atoms with Crippen molar-refractivity contribution in [3.8, 4) is 0 Å². The molecule has 4 heteroatoms. The molecule has 0 amide bonds. The molecule has 1 aromatic heterocycles. The highest BCUT2D eigenvalue weighted by molar-refractivity contribution is 4.93. The van der Waals surface area contributed by atoms with Gasteiger partial charge in [-0.3, -0.25) is 4.90 Å². The molecule has 2 rings (SSSR count). The van der Waals surface area contributed by atoms with Gasteiger partial charge in [-0.1, -0.05) is 0 Å². The van der Waals surface area contributed by atoms with Crippen molar-refractivity contribution < 1.29 is 4.74 Å². The first-order valence-electron chi connectivity index (χ1n) is 5.13. The van der Waals surface area contributed by atoms with Gasteiger partial charge in [0.15, 0.2) is 0 Å². The minimum atomic E-state index is 0.878. The van der Waals surface area contributed by atoms with E-state index in [0.29, 0.717) is 0 Å². The van der Waals surface area contributed by atoms with E-state index >= 15 is 0 Å². The second kappa shape index (κ2) is 4.57. The van der Waals surface area contributed by atoms with E-state index in [2.05, 4.69) is 21.4 Å². The fraction of sp³-hybridized carbons (Fsp3) is 0.700. The Morgan fingerprint density at radius 2 is 2.14 bits per heavy atom. The first kappa shape index (κ1) is 9.68. The molecule has 0 saturated carbocycles. The second-order valence-electron chi connectivity index (χ2n) is 3.68. The normalized spacial score (nSPS) is 18.6. The van der Waals surface area contributed by atoms with Gasteiger partial charge in [0.25, 0.3) is 0 Å². The largest absolute Gasteiger partial charge is 0.379 e. The number of rotatable bonds is 3. The van der Waals surface area contributed by atoms with Gasteiger partial charge in [0.2, 0.25) is 0 Å². The van der Waals surface area contributed by atoms with E-state index in [1.807, 2.05) is 12.5 Å². The van der Waals surface area contributed by atoms with E-state index in [0.717, 1.165) is 39.4 Å².